The van der Waals surface area contributed by atoms with Crippen LogP contribution in [0.4, 0.5) is 0 Å². The lowest BCUT2D eigenvalue weighted by molar-refractivity contribution is 0.0593. The molecule has 2 heterocycles. The van der Waals surface area contributed by atoms with E-state index in [1.165, 1.54) is 26.2 Å². The van der Waals surface area contributed by atoms with Crippen molar-refractivity contribution in [1.29, 1.82) is 0 Å². The second kappa shape index (κ2) is 11.8. The Kier molecular flexibility index (Phi) is 11.2. The smallest absolute Gasteiger partial charge is 0.0642 e. The minimum atomic E-state index is 0. The van der Waals surface area contributed by atoms with Gasteiger partial charge in [0.2, 0.25) is 0 Å². The maximum atomic E-state index is 5.17. The van der Waals surface area contributed by atoms with Gasteiger partial charge < -0.3 is 19.4 Å². The monoisotopic (exact) mass is 283 g/mol. The first-order chi connectivity index (χ1) is 9.26. The van der Waals surface area contributed by atoms with E-state index < -0.39 is 0 Å². The summed E-state index contributed by atoms with van der Waals surface area (Å²) >= 11 is 0. The molecule has 0 saturated carbocycles. The van der Waals surface area contributed by atoms with Crippen LogP contribution in [0.1, 0.15) is 21.3 Å². The third-order valence-corrected chi connectivity index (χ3v) is 3.30. The summed E-state index contributed by atoms with van der Waals surface area (Å²) in [5.41, 5.74) is 0. The van der Waals surface area contributed by atoms with Crippen LogP contribution in [-0.4, -0.2) is 74.2 Å². The molecule has 4 nitrogen and oxygen atoms in total. The molecule has 2 aliphatic heterocycles. The Labute approximate surface area is 125 Å². The van der Waals surface area contributed by atoms with Gasteiger partial charge >= 0.3 is 0 Å². The van der Waals surface area contributed by atoms with Gasteiger partial charge in [0.15, 0.2) is 0 Å². The summed E-state index contributed by atoms with van der Waals surface area (Å²) in [6.45, 7) is 12.7. The molecule has 0 bridgehead atoms. The SMILES string of the molecule is C.CC=CN1CCN(C)CC1.CC=CN1CCOCC1. The zero-order chi connectivity index (χ0) is 13.9. The van der Waals surface area contributed by atoms with Gasteiger partial charge in [-0.2, -0.15) is 0 Å². The predicted molar refractivity (Wildman–Crippen MR) is 87.8 cm³/mol. The molecule has 0 aromatic rings. The highest BCUT2D eigenvalue weighted by atomic mass is 16.5. The first kappa shape index (κ1) is 19.0. The lowest BCUT2D eigenvalue weighted by atomic mass is 10.3. The molecule has 4 heteroatoms. The zero-order valence-corrected chi connectivity index (χ0v) is 12.7. The molecule has 0 aromatic carbocycles. The summed E-state index contributed by atoms with van der Waals surface area (Å²) in [5.74, 6) is 0. The third kappa shape index (κ3) is 8.23. The van der Waals surface area contributed by atoms with Gasteiger partial charge in [-0.05, 0) is 33.3 Å². The number of hydrogen-bond acceptors (Lipinski definition) is 4. The lowest BCUT2D eigenvalue weighted by Crippen LogP contribution is -2.41. The van der Waals surface area contributed by atoms with Crippen LogP contribution in [0.3, 0.4) is 0 Å². The highest BCUT2D eigenvalue weighted by Crippen LogP contribution is 1.98. The number of allylic oxidation sites excluding steroid dienone is 2. The number of morpholine rings is 1. The maximum Gasteiger partial charge on any atom is 0.0642 e. The molecule has 20 heavy (non-hydrogen) atoms. The van der Waals surface area contributed by atoms with E-state index in [4.69, 9.17) is 4.74 Å². The van der Waals surface area contributed by atoms with Gasteiger partial charge in [-0.15, -0.1) is 0 Å². The average molecular weight is 283 g/mol. The molecule has 0 spiro atoms. The van der Waals surface area contributed by atoms with Crippen molar-refractivity contribution in [2.45, 2.75) is 21.3 Å². The van der Waals surface area contributed by atoms with E-state index in [-0.39, 0.29) is 7.43 Å². The molecule has 0 amide bonds. The number of nitrogens with zero attached hydrogens (tertiary/aromatic N) is 3. The van der Waals surface area contributed by atoms with E-state index in [9.17, 15) is 0 Å². The molecule has 0 N–H and O–H groups in total. The first-order valence-corrected chi connectivity index (χ1v) is 7.26. The molecule has 2 fully saturated rings. The molecule has 0 unspecified atom stereocenters. The van der Waals surface area contributed by atoms with E-state index in [2.05, 4.69) is 53.2 Å². The quantitative estimate of drug-likeness (QED) is 0.774. The summed E-state index contributed by atoms with van der Waals surface area (Å²) in [6, 6.07) is 0. The topological polar surface area (TPSA) is 19.0 Å². The fraction of sp³-hybridized carbons (Fsp3) is 0.750. The van der Waals surface area contributed by atoms with Crippen LogP contribution in [0, 0.1) is 0 Å². The van der Waals surface area contributed by atoms with E-state index >= 15 is 0 Å². The van der Waals surface area contributed by atoms with Gasteiger partial charge in [-0.3, -0.25) is 0 Å². The van der Waals surface area contributed by atoms with Crippen molar-refractivity contribution in [3.63, 3.8) is 0 Å². The highest BCUT2D eigenvalue weighted by Gasteiger charge is 2.08. The van der Waals surface area contributed by atoms with Gasteiger partial charge in [0.25, 0.3) is 0 Å². The number of hydrogen-bond donors (Lipinski definition) is 0. The molecular weight excluding hydrogens is 250 g/mol. The second-order valence-corrected chi connectivity index (χ2v) is 4.95. The summed E-state index contributed by atoms with van der Waals surface area (Å²) in [7, 11) is 2.17. The number of rotatable bonds is 2. The van der Waals surface area contributed by atoms with Crippen LogP contribution in [0.25, 0.3) is 0 Å². The number of ether oxygens (including phenoxy) is 1. The van der Waals surface area contributed by atoms with Crippen molar-refractivity contribution < 1.29 is 4.74 Å². The van der Waals surface area contributed by atoms with E-state index in [0.717, 1.165) is 26.3 Å². The van der Waals surface area contributed by atoms with Gasteiger partial charge in [-0.1, -0.05) is 19.6 Å². The van der Waals surface area contributed by atoms with E-state index in [1.807, 2.05) is 6.92 Å². The summed E-state index contributed by atoms with van der Waals surface area (Å²) < 4.78 is 5.17. The molecular formula is C16H33N3O. The molecule has 0 atom stereocenters. The third-order valence-electron chi connectivity index (χ3n) is 3.30. The van der Waals surface area contributed by atoms with Crippen LogP contribution in [-0.2, 0) is 4.74 Å². The Bertz CT molecular complexity index is 265. The highest BCUT2D eigenvalue weighted by molar-refractivity contribution is 4.82. The van der Waals surface area contributed by atoms with Crippen molar-refractivity contribution in [1.82, 2.24) is 14.7 Å². The predicted octanol–water partition coefficient (Wildman–Crippen LogP) is 2.26. The largest absolute Gasteiger partial charge is 0.378 e. The van der Waals surface area contributed by atoms with Gasteiger partial charge in [0.05, 0.1) is 13.2 Å². The Balaban J connectivity index is 0.000000345. The Morgan fingerprint density at radius 3 is 1.65 bits per heavy atom. The Morgan fingerprint density at radius 2 is 1.20 bits per heavy atom. The normalized spacial score (nSPS) is 20.8. The summed E-state index contributed by atoms with van der Waals surface area (Å²) in [6.07, 6.45) is 8.45. The van der Waals surface area contributed by atoms with Crippen LogP contribution < -0.4 is 0 Å². The van der Waals surface area contributed by atoms with Crippen LogP contribution in [0.2, 0.25) is 0 Å². The molecule has 0 aliphatic carbocycles. The number of piperazine rings is 1. The molecule has 0 radical (unpaired) electrons. The van der Waals surface area contributed by atoms with E-state index in [0.29, 0.717) is 0 Å². The van der Waals surface area contributed by atoms with Crippen molar-refractivity contribution >= 4 is 0 Å². The van der Waals surface area contributed by atoms with Crippen molar-refractivity contribution in [2.24, 2.45) is 0 Å². The Morgan fingerprint density at radius 1 is 0.750 bits per heavy atom. The summed E-state index contributed by atoms with van der Waals surface area (Å²) in [5, 5.41) is 0. The number of likely N-dealkylation sites (N-methyl/N-ethyl adjacent to an activating group) is 1. The van der Waals surface area contributed by atoms with Crippen LogP contribution in [0.5, 0.6) is 0 Å². The summed E-state index contributed by atoms with van der Waals surface area (Å²) in [4.78, 5) is 6.99. The minimum absolute atomic E-state index is 0. The van der Waals surface area contributed by atoms with E-state index in [1.54, 1.807) is 0 Å². The first-order valence-electron chi connectivity index (χ1n) is 7.26. The lowest BCUT2D eigenvalue weighted by Gasteiger charge is -2.31. The fourth-order valence-electron chi connectivity index (χ4n) is 2.12. The molecule has 0 aromatic heterocycles. The van der Waals surface area contributed by atoms with Crippen molar-refractivity contribution in [3.05, 3.63) is 24.6 Å². The molecule has 2 saturated heterocycles. The zero-order valence-electron chi connectivity index (χ0n) is 12.7. The maximum absolute atomic E-state index is 5.17. The molecule has 2 rings (SSSR count). The molecule has 118 valence electrons. The van der Waals surface area contributed by atoms with Gasteiger partial charge in [-0.25, -0.2) is 0 Å². The van der Waals surface area contributed by atoms with Crippen molar-refractivity contribution in [3.8, 4) is 0 Å². The van der Waals surface area contributed by atoms with Gasteiger partial charge in [0.1, 0.15) is 0 Å². The average Bonchev–Trinajstić information content (AvgIpc) is 2.44. The Hall–Kier alpha value is -1.00. The van der Waals surface area contributed by atoms with Crippen LogP contribution >= 0.6 is 0 Å². The van der Waals surface area contributed by atoms with Crippen molar-refractivity contribution in [2.75, 3.05) is 59.5 Å². The minimum Gasteiger partial charge on any atom is -0.378 e. The standard InChI is InChI=1S/C8H16N2.C7H13NO.CH4/c1-3-4-10-7-5-9(2)6-8-10;1-2-3-8-4-6-9-7-5-8;/h3-4H,5-8H2,1-2H3;2-3H,4-7H2,1H3;1H4. The van der Waals surface area contributed by atoms with Crippen LogP contribution in [0.15, 0.2) is 24.6 Å². The second-order valence-electron chi connectivity index (χ2n) is 4.95. The van der Waals surface area contributed by atoms with Gasteiger partial charge in [0, 0.05) is 39.3 Å². The molecule has 2 aliphatic rings. The fourth-order valence-corrected chi connectivity index (χ4v) is 2.12.